The molecule has 0 aliphatic heterocycles. The van der Waals surface area contributed by atoms with Gasteiger partial charge in [-0.3, -0.25) is 0 Å². The molecule has 0 bridgehead atoms. The van der Waals surface area contributed by atoms with Crippen LogP contribution in [0.4, 0.5) is 4.39 Å². The first kappa shape index (κ1) is 15.5. The fourth-order valence-electron chi connectivity index (χ4n) is 1.92. The zero-order valence-corrected chi connectivity index (χ0v) is 14.0. The second-order valence-electron chi connectivity index (χ2n) is 4.27. The van der Waals surface area contributed by atoms with Gasteiger partial charge in [0, 0.05) is 4.47 Å². The van der Waals surface area contributed by atoms with Crippen molar-refractivity contribution in [2.45, 2.75) is 13.0 Å². The summed E-state index contributed by atoms with van der Waals surface area (Å²) < 4.78 is 20.4. The van der Waals surface area contributed by atoms with Gasteiger partial charge >= 0.3 is 0 Å². The van der Waals surface area contributed by atoms with E-state index in [0.29, 0.717) is 12.2 Å². The minimum atomic E-state index is -0.410. The maximum absolute atomic E-state index is 13.4. The van der Waals surface area contributed by atoms with E-state index in [9.17, 15) is 4.39 Å². The average Bonchev–Trinajstić information content (AvgIpc) is 2.43. The molecule has 0 aromatic heterocycles. The number of ether oxygens (including phenoxy) is 1. The van der Waals surface area contributed by atoms with Gasteiger partial charge in [0.2, 0.25) is 0 Å². The van der Waals surface area contributed by atoms with E-state index in [-0.39, 0.29) is 5.82 Å². The van der Waals surface area contributed by atoms with Gasteiger partial charge in [0.1, 0.15) is 11.6 Å². The van der Waals surface area contributed by atoms with Crippen LogP contribution in [-0.2, 0) is 0 Å². The summed E-state index contributed by atoms with van der Waals surface area (Å²) in [5.74, 6) is 0.463. The van der Waals surface area contributed by atoms with Crippen LogP contribution in [0.1, 0.15) is 24.1 Å². The predicted octanol–water partition coefficient (Wildman–Crippen LogP) is 4.80. The largest absolute Gasteiger partial charge is 0.493 e. The van der Waals surface area contributed by atoms with Gasteiger partial charge in [-0.15, -0.1) is 0 Å². The predicted molar refractivity (Wildman–Crippen MR) is 85.4 cm³/mol. The number of rotatable bonds is 4. The molecule has 0 radical (unpaired) electrons. The molecule has 20 heavy (non-hydrogen) atoms. The highest BCUT2D eigenvalue weighted by Gasteiger charge is 2.14. The molecule has 2 aromatic carbocycles. The Labute approximate surface area is 134 Å². The van der Waals surface area contributed by atoms with Crippen LogP contribution in [0, 0.1) is 5.82 Å². The molecule has 2 nitrogen and oxygen atoms in total. The monoisotopic (exact) mass is 401 g/mol. The molecule has 0 saturated carbocycles. The van der Waals surface area contributed by atoms with E-state index in [2.05, 4.69) is 31.9 Å². The van der Waals surface area contributed by atoms with Crippen LogP contribution >= 0.6 is 31.9 Å². The summed E-state index contributed by atoms with van der Waals surface area (Å²) in [5, 5.41) is 0. The lowest BCUT2D eigenvalue weighted by Gasteiger charge is -2.16. The van der Waals surface area contributed by atoms with E-state index in [0.717, 1.165) is 20.3 Å². The zero-order valence-electron chi connectivity index (χ0n) is 10.9. The topological polar surface area (TPSA) is 35.2 Å². The third-order valence-corrected chi connectivity index (χ3v) is 4.25. The Morgan fingerprint density at radius 1 is 1.15 bits per heavy atom. The van der Waals surface area contributed by atoms with E-state index in [4.69, 9.17) is 10.5 Å². The van der Waals surface area contributed by atoms with Crippen molar-refractivity contribution in [3.63, 3.8) is 0 Å². The minimum Gasteiger partial charge on any atom is -0.493 e. The van der Waals surface area contributed by atoms with Gasteiger partial charge in [0.25, 0.3) is 0 Å². The first-order valence-electron chi connectivity index (χ1n) is 6.15. The molecule has 106 valence electrons. The Hall–Kier alpha value is -0.910. The van der Waals surface area contributed by atoms with Crippen LogP contribution in [0.25, 0.3) is 0 Å². The molecule has 0 heterocycles. The van der Waals surface area contributed by atoms with E-state index in [1.54, 1.807) is 6.07 Å². The van der Waals surface area contributed by atoms with Crippen LogP contribution in [0.2, 0.25) is 0 Å². The molecular formula is C15H14Br2FNO. The molecule has 0 aliphatic carbocycles. The molecule has 0 saturated heterocycles. The summed E-state index contributed by atoms with van der Waals surface area (Å²) in [6.45, 7) is 2.52. The van der Waals surface area contributed by atoms with Crippen molar-refractivity contribution < 1.29 is 9.13 Å². The van der Waals surface area contributed by atoms with Gasteiger partial charge in [-0.1, -0.05) is 22.0 Å². The van der Waals surface area contributed by atoms with Crippen LogP contribution in [-0.4, -0.2) is 6.61 Å². The first-order chi connectivity index (χ1) is 9.52. The third kappa shape index (κ3) is 3.40. The van der Waals surface area contributed by atoms with Crippen molar-refractivity contribution in [2.24, 2.45) is 5.73 Å². The summed E-state index contributed by atoms with van der Waals surface area (Å²) in [6, 6.07) is 9.73. The summed E-state index contributed by atoms with van der Waals surface area (Å²) in [6.07, 6.45) is 0. The Bertz CT molecular complexity index is 619. The van der Waals surface area contributed by atoms with Crippen LogP contribution in [0.15, 0.2) is 45.3 Å². The summed E-state index contributed by atoms with van der Waals surface area (Å²) >= 11 is 6.86. The van der Waals surface area contributed by atoms with Crippen LogP contribution in [0.3, 0.4) is 0 Å². The maximum atomic E-state index is 13.4. The van der Waals surface area contributed by atoms with Crippen LogP contribution < -0.4 is 10.5 Å². The molecule has 0 spiro atoms. The quantitative estimate of drug-likeness (QED) is 0.797. The van der Waals surface area contributed by atoms with Gasteiger partial charge in [-0.05, 0) is 64.3 Å². The summed E-state index contributed by atoms with van der Waals surface area (Å²) in [4.78, 5) is 0. The maximum Gasteiger partial charge on any atom is 0.133 e. The third-order valence-electron chi connectivity index (χ3n) is 2.91. The van der Waals surface area contributed by atoms with Gasteiger partial charge in [0.05, 0.1) is 17.1 Å². The number of hydrogen-bond donors (Lipinski definition) is 1. The Morgan fingerprint density at radius 3 is 2.55 bits per heavy atom. The van der Waals surface area contributed by atoms with Gasteiger partial charge in [-0.25, -0.2) is 4.39 Å². The van der Waals surface area contributed by atoms with E-state index in [1.807, 2.05) is 25.1 Å². The minimum absolute atomic E-state index is 0.302. The second-order valence-corrected chi connectivity index (χ2v) is 5.98. The average molecular weight is 403 g/mol. The Kier molecular flexibility index (Phi) is 5.18. The van der Waals surface area contributed by atoms with Crippen molar-refractivity contribution in [2.75, 3.05) is 6.61 Å². The van der Waals surface area contributed by atoms with Gasteiger partial charge in [0.15, 0.2) is 0 Å². The SMILES string of the molecule is CCOc1ccc(C(N)c2cc(F)ccc2Br)cc1Br. The summed E-state index contributed by atoms with van der Waals surface area (Å²) in [5.41, 5.74) is 7.81. The standard InChI is InChI=1S/C15H14Br2FNO/c1-2-20-14-6-3-9(7-13(14)17)15(19)11-8-10(18)4-5-12(11)16/h3-8,15H,2,19H2,1H3. The fraction of sp³-hybridized carbons (Fsp3) is 0.200. The highest BCUT2D eigenvalue weighted by Crippen LogP contribution is 2.32. The van der Waals surface area contributed by atoms with Crippen molar-refractivity contribution in [3.8, 4) is 5.75 Å². The molecule has 1 unspecified atom stereocenters. The molecule has 0 fully saturated rings. The molecule has 5 heteroatoms. The lowest BCUT2D eigenvalue weighted by atomic mass is 9.99. The summed E-state index contributed by atoms with van der Waals surface area (Å²) in [7, 11) is 0. The Balaban J connectivity index is 2.35. The number of halogens is 3. The fourth-order valence-corrected chi connectivity index (χ4v) is 2.92. The number of benzene rings is 2. The van der Waals surface area contributed by atoms with Crippen LogP contribution in [0.5, 0.6) is 5.75 Å². The Morgan fingerprint density at radius 2 is 1.90 bits per heavy atom. The van der Waals surface area contributed by atoms with Gasteiger partial charge < -0.3 is 10.5 Å². The lowest BCUT2D eigenvalue weighted by Crippen LogP contribution is -2.13. The van der Waals surface area contributed by atoms with Crippen molar-refractivity contribution in [1.29, 1.82) is 0 Å². The molecular weight excluding hydrogens is 389 g/mol. The van der Waals surface area contributed by atoms with E-state index >= 15 is 0 Å². The molecule has 0 amide bonds. The molecule has 1 atom stereocenters. The number of nitrogens with two attached hydrogens (primary N) is 1. The highest BCUT2D eigenvalue weighted by molar-refractivity contribution is 9.10. The molecule has 0 aliphatic rings. The van der Waals surface area contributed by atoms with E-state index < -0.39 is 6.04 Å². The first-order valence-corrected chi connectivity index (χ1v) is 7.74. The van der Waals surface area contributed by atoms with Crippen molar-refractivity contribution in [1.82, 2.24) is 0 Å². The number of hydrogen-bond acceptors (Lipinski definition) is 2. The molecule has 2 N–H and O–H groups in total. The van der Waals surface area contributed by atoms with Crippen molar-refractivity contribution >= 4 is 31.9 Å². The zero-order chi connectivity index (χ0) is 14.7. The smallest absolute Gasteiger partial charge is 0.133 e. The molecule has 2 rings (SSSR count). The van der Waals surface area contributed by atoms with Crippen molar-refractivity contribution in [3.05, 3.63) is 62.3 Å². The second kappa shape index (κ2) is 6.70. The lowest BCUT2D eigenvalue weighted by molar-refractivity contribution is 0.338. The molecule has 2 aromatic rings. The van der Waals surface area contributed by atoms with E-state index in [1.165, 1.54) is 12.1 Å². The van der Waals surface area contributed by atoms with Gasteiger partial charge in [-0.2, -0.15) is 0 Å². The highest BCUT2D eigenvalue weighted by atomic mass is 79.9. The normalized spacial score (nSPS) is 12.2.